The number of anilines is 1. The highest BCUT2D eigenvalue weighted by molar-refractivity contribution is 6.04. The summed E-state index contributed by atoms with van der Waals surface area (Å²) in [7, 11) is 1.55. The van der Waals surface area contributed by atoms with Crippen LogP contribution in [0.25, 0.3) is 0 Å². The summed E-state index contributed by atoms with van der Waals surface area (Å²) in [5.41, 5.74) is 1.82. The van der Waals surface area contributed by atoms with E-state index in [0.29, 0.717) is 17.0 Å². The van der Waals surface area contributed by atoms with E-state index in [0.717, 1.165) is 5.56 Å². The van der Waals surface area contributed by atoms with E-state index in [1.807, 2.05) is 31.2 Å². The lowest BCUT2D eigenvalue weighted by atomic mass is 10.1. The third kappa shape index (κ3) is 4.10. The summed E-state index contributed by atoms with van der Waals surface area (Å²) >= 11 is 0. The molecule has 0 aromatic heterocycles. The number of benzene rings is 2. The van der Waals surface area contributed by atoms with Gasteiger partial charge in [-0.3, -0.25) is 9.59 Å². The largest absolute Gasteiger partial charge is 0.481 e. The smallest absolute Gasteiger partial charge is 0.265 e. The first kappa shape index (κ1) is 16.5. The van der Waals surface area contributed by atoms with E-state index in [1.54, 1.807) is 38.2 Å². The van der Waals surface area contributed by atoms with E-state index in [1.165, 1.54) is 0 Å². The summed E-state index contributed by atoms with van der Waals surface area (Å²) in [4.78, 5) is 24.2. The Morgan fingerprint density at radius 3 is 2.39 bits per heavy atom. The highest BCUT2D eigenvalue weighted by Crippen LogP contribution is 2.19. The van der Waals surface area contributed by atoms with Gasteiger partial charge in [0.25, 0.3) is 11.8 Å². The molecule has 23 heavy (non-hydrogen) atoms. The van der Waals surface area contributed by atoms with Gasteiger partial charge in [-0.25, -0.2) is 0 Å². The molecule has 2 N–H and O–H groups in total. The Kier molecular flexibility index (Phi) is 5.36. The molecule has 0 heterocycles. The van der Waals surface area contributed by atoms with E-state index in [4.69, 9.17) is 4.74 Å². The molecule has 1 unspecified atom stereocenters. The van der Waals surface area contributed by atoms with E-state index in [-0.39, 0.29) is 11.8 Å². The van der Waals surface area contributed by atoms with Crippen LogP contribution in [0.2, 0.25) is 0 Å². The summed E-state index contributed by atoms with van der Waals surface area (Å²) in [5, 5.41) is 5.29. The van der Waals surface area contributed by atoms with Gasteiger partial charge in [-0.1, -0.05) is 30.3 Å². The fourth-order valence-electron chi connectivity index (χ4n) is 2.09. The fourth-order valence-corrected chi connectivity index (χ4v) is 2.09. The second-order valence-electron chi connectivity index (χ2n) is 5.14. The van der Waals surface area contributed by atoms with E-state index in [2.05, 4.69) is 10.6 Å². The molecule has 5 heteroatoms. The van der Waals surface area contributed by atoms with Crippen molar-refractivity contribution in [2.45, 2.75) is 20.0 Å². The molecule has 0 aliphatic rings. The molecular weight excluding hydrogens is 292 g/mol. The number of hydrogen-bond donors (Lipinski definition) is 2. The Bertz CT molecular complexity index is 713. The van der Waals surface area contributed by atoms with Crippen molar-refractivity contribution in [1.82, 2.24) is 5.32 Å². The highest BCUT2D eigenvalue weighted by Gasteiger charge is 2.18. The van der Waals surface area contributed by atoms with Crippen LogP contribution in [0.1, 0.15) is 22.8 Å². The molecule has 5 nitrogen and oxygen atoms in total. The Hall–Kier alpha value is -2.82. The van der Waals surface area contributed by atoms with Crippen molar-refractivity contribution >= 4 is 17.5 Å². The van der Waals surface area contributed by atoms with Gasteiger partial charge in [0.2, 0.25) is 0 Å². The topological polar surface area (TPSA) is 67.4 Å². The SMILES string of the molecule is CNC(=O)c1ccccc1NC(=O)C(C)Oc1ccccc1C. The van der Waals surface area contributed by atoms with E-state index in [9.17, 15) is 9.59 Å². The molecule has 2 aromatic carbocycles. The molecule has 120 valence electrons. The maximum absolute atomic E-state index is 12.3. The number of rotatable bonds is 5. The molecule has 0 aliphatic carbocycles. The number of nitrogens with one attached hydrogen (secondary N) is 2. The predicted molar refractivity (Wildman–Crippen MR) is 89.7 cm³/mol. The first-order valence-corrected chi connectivity index (χ1v) is 7.37. The molecule has 2 rings (SSSR count). The third-order valence-corrected chi connectivity index (χ3v) is 3.42. The number of carbonyl (C=O) groups excluding carboxylic acids is 2. The van der Waals surface area contributed by atoms with Crippen LogP contribution >= 0.6 is 0 Å². The zero-order valence-electron chi connectivity index (χ0n) is 13.4. The minimum Gasteiger partial charge on any atom is -0.481 e. The number of aryl methyl sites for hydroxylation is 1. The van der Waals surface area contributed by atoms with Gasteiger partial charge in [0.15, 0.2) is 6.10 Å². The van der Waals surface area contributed by atoms with Crippen molar-refractivity contribution in [3.8, 4) is 5.75 Å². The Labute approximate surface area is 135 Å². The summed E-state index contributed by atoms with van der Waals surface area (Å²) < 4.78 is 5.69. The van der Waals surface area contributed by atoms with Crippen LogP contribution in [0, 0.1) is 6.92 Å². The quantitative estimate of drug-likeness (QED) is 0.892. The van der Waals surface area contributed by atoms with E-state index < -0.39 is 6.10 Å². The minimum absolute atomic E-state index is 0.256. The van der Waals surface area contributed by atoms with Gasteiger partial charge in [0.1, 0.15) is 5.75 Å². The van der Waals surface area contributed by atoms with Crippen LogP contribution in [-0.4, -0.2) is 25.0 Å². The van der Waals surface area contributed by atoms with Crippen LogP contribution in [0.5, 0.6) is 5.75 Å². The van der Waals surface area contributed by atoms with Crippen molar-refractivity contribution in [3.63, 3.8) is 0 Å². The number of para-hydroxylation sites is 2. The van der Waals surface area contributed by atoms with Gasteiger partial charge < -0.3 is 15.4 Å². The Morgan fingerprint density at radius 1 is 1.04 bits per heavy atom. The molecule has 0 aliphatic heterocycles. The van der Waals surface area contributed by atoms with Crippen molar-refractivity contribution in [2.75, 3.05) is 12.4 Å². The van der Waals surface area contributed by atoms with Crippen molar-refractivity contribution in [2.24, 2.45) is 0 Å². The average molecular weight is 312 g/mol. The molecule has 2 aromatic rings. The van der Waals surface area contributed by atoms with Crippen LogP contribution < -0.4 is 15.4 Å². The Morgan fingerprint density at radius 2 is 1.70 bits per heavy atom. The number of hydrogen-bond acceptors (Lipinski definition) is 3. The molecule has 0 radical (unpaired) electrons. The number of ether oxygens (including phenoxy) is 1. The summed E-state index contributed by atoms with van der Waals surface area (Å²) in [5.74, 6) is 0.0905. The molecular formula is C18H20N2O3. The maximum atomic E-state index is 12.3. The molecule has 0 spiro atoms. The number of carbonyl (C=O) groups is 2. The number of amides is 2. The van der Waals surface area contributed by atoms with Crippen molar-refractivity contribution in [1.29, 1.82) is 0 Å². The normalized spacial score (nSPS) is 11.4. The monoisotopic (exact) mass is 312 g/mol. The Balaban J connectivity index is 2.10. The van der Waals surface area contributed by atoms with Gasteiger partial charge in [0.05, 0.1) is 11.3 Å². The zero-order chi connectivity index (χ0) is 16.8. The molecule has 0 saturated heterocycles. The highest BCUT2D eigenvalue weighted by atomic mass is 16.5. The molecule has 1 atom stereocenters. The van der Waals surface area contributed by atoms with E-state index >= 15 is 0 Å². The van der Waals surface area contributed by atoms with Crippen LogP contribution in [0.4, 0.5) is 5.69 Å². The van der Waals surface area contributed by atoms with Gasteiger partial charge >= 0.3 is 0 Å². The predicted octanol–water partition coefficient (Wildman–Crippen LogP) is 2.76. The van der Waals surface area contributed by atoms with Crippen LogP contribution in [-0.2, 0) is 4.79 Å². The molecule has 0 saturated carbocycles. The maximum Gasteiger partial charge on any atom is 0.265 e. The second kappa shape index (κ2) is 7.45. The van der Waals surface area contributed by atoms with Crippen molar-refractivity contribution in [3.05, 3.63) is 59.7 Å². The van der Waals surface area contributed by atoms with Gasteiger partial charge in [-0.15, -0.1) is 0 Å². The van der Waals surface area contributed by atoms with Crippen LogP contribution in [0.15, 0.2) is 48.5 Å². The standard InChI is InChI=1S/C18H20N2O3/c1-12-8-4-7-11-16(12)23-13(2)17(21)20-15-10-6-5-9-14(15)18(22)19-3/h4-11,13H,1-3H3,(H,19,22)(H,20,21). The van der Waals surface area contributed by atoms with Crippen molar-refractivity contribution < 1.29 is 14.3 Å². The lowest BCUT2D eigenvalue weighted by Gasteiger charge is -2.17. The third-order valence-electron chi connectivity index (χ3n) is 3.42. The summed E-state index contributed by atoms with van der Waals surface area (Å²) in [6.07, 6.45) is -0.686. The van der Waals surface area contributed by atoms with Gasteiger partial charge in [-0.2, -0.15) is 0 Å². The first-order valence-electron chi connectivity index (χ1n) is 7.37. The first-order chi connectivity index (χ1) is 11.0. The zero-order valence-corrected chi connectivity index (χ0v) is 13.4. The van der Waals surface area contributed by atoms with Gasteiger partial charge in [0, 0.05) is 7.05 Å². The summed E-state index contributed by atoms with van der Waals surface area (Å²) in [6.45, 7) is 3.59. The lowest BCUT2D eigenvalue weighted by Crippen LogP contribution is -2.31. The minimum atomic E-state index is -0.686. The average Bonchev–Trinajstić information content (AvgIpc) is 2.56. The van der Waals surface area contributed by atoms with Crippen LogP contribution in [0.3, 0.4) is 0 Å². The molecule has 0 bridgehead atoms. The molecule has 2 amide bonds. The van der Waals surface area contributed by atoms with Gasteiger partial charge in [-0.05, 0) is 37.6 Å². The fraction of sp³-hybridized carbons (Fsp3) is 0.222. The lowest BCUT2D eigenvalue weighted by molar-refractivity contribution is -0.122. The summed E-state index contributed by atoms with van der Waals surface area (Å²) in [6, 6.07) is 14.3. The second-order valence-corrected chi connectivity index (χ2v) is 5.14. The molecule has 0 fully saturated rings.